The van der Waals surface area contributed by atoms with Crippen LogP contribution in [0, 0.1) is 6.92 Å². The van der Waals surface area contributed by atoms with Crippen molar-refractivity contribution >= 4 is 22.4 Å². The molecule has 0 saturated heterocycles. The van der Waals surface area contributed by atoms with Crippen molar-refractivity contribution in [1.29, 1.82) is 0 Å². The van der Waals surface area contributed by atoms with Crippen molar-refractivity contribution in [2.45, 2.75) is 6.92 Å². The van der Waals surface area contributed by atoms with Crippen molar-refractivity contribution in [2.75, 3.05) is 26.6 Å². The van der Waals surface area contributed by atoms with Gasteiger partial charge in [0.1, 0.15) is 17.9 Å². The third-order valence-electron chi connectivity index (χ3n) is 3.83. The lowest BCUT2D eigenvalue weighted by molar-refractivity contribution is 0.356. The molecule has 0 bridgehead atoms. The summed E-state index contributed by atoms with van der Waals surface area (Å²) >= 11 is 0. The molecule has 6 heteroatoms. The number of methoxy groups -OCH3 is 3. The number of rotatable bonds is 5. The van der Waals surface area contributed by atoms with E-state index in [1.165, 1.54) is 6.33 Å². The topological polar surface area (TPSA) is 65.5 Å². The SMILES string of the molecule is COc1ccc(Nc2ncnc3cc(OC)c(OC)cc23)c(C)c1. The quantitative estimate of drug-likeness (QED) is 0.771. The van der Waals surface area contributed by atoms with E-state index in [4.69, 9.17) is 14.2 Å². The van der Waals surface area contributed by atoms with E-state index in [1.54, 1.807) is 21.3 Å². The van der Waals surface area contributed by atoms with Crippen molar-refractivity contribution in [3.05, 3.63) is 42.2 Å². The number of benzene rings is 2. The minimum atomic E-state index is 0.634. The molecule has 2 aromatic carbocycles. The average molecular weight is 325 g/mol. The van der Waals surface area contributed by atoms with Gasteiger partial charge in [-0.3, -0.25) is 0 Å². The molecule has 3 aromatic rings. The average Bonchev–Trinajstić information content (AvgIpc) is 2.62. The van der Waals surface area contributed by atoms with Crippen LogP contribution in [0.3, 0.4) is 0 Å². The molecule has 0 aliphatic heterocycles. The summed E-state index contributed by atoms with van der Waals surface area (Å²) in [4.78, 5) is 8.68. The molecule has 0 fully saturated rings. The van der Waals surface area contributed by atoms with Crippen LogP contribution in [0.15, 0.2) is 36.7 Å². The Kier molecular flexibility index (Phi) is 4.37. The summed E-state index contributed by atoms with van der Waals surface area (Å²) in [5.74, 6) is 2.79. The van der Waals surface area contributed by atoms with E-state index in [-0.39, 0.29) is 0 Å². The van der Waals surface area contributed by atoms with E-state index >= 15 is 0 Å². The number of ether oxygens (including phenoxy) is 3. The molecular formula is C18H19N3O3. The molecule has 0 aliphatic rings. The van der Waals surface area contributed by atoms with E-state index in [2.05, 4.69) is 15.3 Å². The second kappa shape index (κ2) is 6.62. The van der Waals surface area contributed by atoms with Gasteiger partial charge in [0, 0.05) is 17.1 Å². The number of aryl methyl sites for hydroxylation is 1. The minimum absolute atomic E-state index is 0.634. The van der Waals surface area contributed by atoms with Gasteiger partial charge in [0.2, 0.25) is 0 Å². The van der Waals surface area contributed by atoms with E-state index in [0.29, 0.717) is 17.3 Å². The Bertz CT molecular complexity index is 881. The highest BCUT2D eigenvalue weighted by molar-refractivity contribution is 5.93. The Morgan fingerprint density at radius 3 is 2.29 bits per heavy atom. The summed E-state index contributed by atoms with van der Waals surface area (Å²) in [7, 11) is 4.86. The number of anilines is 2. The van der Waals surface area contributed by atoms with Crippen molar-refractivity contribution in [3.63, 3.8) is 0 Å². The van der Waals surface area contributed by atoms with Crippen molar-refractivity contribution < 1.29 is 14.2 Å². The van der Waals surface area contributed by atoms with Gasteiger partial charge in [0.25, 0.3) is 0 Å². The van der Waals surface area contributed by atoms with Gasteiger partial charge in [-0.15, -0.1) is 0 Å². The normalized spacial score (nSPS) is 10.5. The molecule has 1 N–H and O–H groups in total. The van der Waals surface area contributed by atoms with Crippen LogP contribution in [0.25, 0.3) is 10.9 Å². The van der Waals surface area contributed by atoms with Crippen LogP contribution >= 0.6 is 0 Å². The summed E-state index contributed by atoms with van der Waals surface area (Å²) in [5, 5.41) is 4.20. The maximum Gasteiger partial charge on any atom is 0.162 e. The highest BCUT2D eigenvalue weighted by Crippen LogP contribution is 2.35. The predicted octanol–water partition coefficient (Wildman–Crippen LogP) is 3.71. The molecule has 24 heavy (non-hydrogen) atoms. The lowest BCUT2D eigenvalue weighted by Crippen LogP contribution is -1.99. The Labute approximate surface area is 140 Å². The zero-order valence-electron chi connectivity index (χ0n) is 14.1. The molecule has 124 valence electrons. The largest absolute Gasteiger partial charge is 0.497 e. The van der Waals surface area contributed by atoms with Crippen LogP contribution in [0.2, 0.25) is 0 Å². The first kappa shape index (κ1) is 15.9. The molecule has 0 unspecified atom stereocenters. The molecule has 0 spiro atoms. The van der Waals surface area contributed by atoms with E-state index in [1.807, 2.05) is 37.3 Å². The molecule has 1 aromatic heterocycles. The fourth-order valence-electron chi connectivity index (χ4n) is 2.51. The Morgan fingerprint density at radius 1 is 0.875 bits per heavy atom. The second-order valence-corrected chi connectivity index (χ2v) is 5.25. The summed E-state index contributed by atoms with van der Waals surface area (Å²) in [6, 6.07) is 9.54. The fourth-order valence-corrected chi connectivity index (χ4v) is 2.51. The van der Waals surface area contributed by atoms with Crippen LogP contribution in [-0.2, 0) is 0 Å². The number of aromatic nitrogens is 2. The van der Waals surface area contributed by atoms with Crippen LogP contribution in [0.4, 0.5) is 11.5 Å². The third-order valence-corrected chi connectivity index (χ3v) is 3.83. The van der Waals surface area contributed by atoms with Gasteiger partial charge < -0.3 is 19.5 Å². The first-order valence-electron chi connectivity index (χ1n) is 7.44. The number of hydrogen-bond donors (Lipinski definition) is 1. The van der Waals surface area contributed by atoms with Gasteiger partial charge in [-0.2, -0.15) is 0 Å². The maximum atomic E-state index is 5.38. The fraction of sp³-hybridized carbons (Fsp3) is 0.222. The molecule has 6 nitrogen and oxygen atoms in total. The number of fused-ring (bicyclic) bond motifs is 1. The van der Waals surface area contributed by atoms with Gasteiger partial charge in [0.15, 0.2) is 11.5 Å². The van der Waals surface area contributed by atoms with Gasteiger partial charge >= 0.3 is 0 Å². The zero-order valence-corrected chi connectivity index (χ0v) is 14.1. The monoisotopic (exact) mass is 325 g/mol. The van der Waals surface area contributed by atoms with Gasteiger partial charge in [-0.25, -0.2) is 9.97 Å². The smallest absolute Gasteiger partial charge is 0.162 e. The standard InChI is InChI=1S/C18H19N3O3/c1-11-7-12(22-2)5-6-14(11)21-18-13-8-16(23-3)17(24-4)9-15(13)19-10-20-18/h5-10H,1-4H3,(H,19,20,21). The minimum Gasteiger partial charge on any atom is -0.497 e. The van der Waals surface area contributed by atoms with Crippen LogP contribution in [0.1, 0.15) is 5.56 Å². The van der Waals surface area contributed by atoms with Crippen molar-refractivity contribution in [3.8, 4) is 17.2 Å². The molecular weight excluding hydrogens is 306 g/mol. The first-order chi connectivity index (χ1) is 11.7. The number of hydrogen-bond acceptors (Lipinski definition) is 6. The lowest BCUT2D eigenvalue weighted by atomic mass is 10.1. The second-order valence-electron chi connectivity index (χ2n) is 5.25. The zero-order chi connectivity index (χ0) is 17.1. The predicted molar refractivity (Wildman–Crippen MR) is 93.7 cm³/mol. The van der Waals surface area contributed by atoms with Crippen LogP contribution < -0.4 is 19.5 Å². The first-order valence-corrected chi connectivity index (χ1v) is 7.44. The summed E-state index contributed by atoms with van der Waals surface area (Å²) < 4.78 is 15.9. The summed E-state index contributed by atoms with van der Waals surface area (Å²) in [5.41, 5.74) is 2.78. The highest BCUT2D eigenvalue weighted by atomic mass is 16.5. The van der Waals surface area contributed by atoms with Gasteiger partial charge in [-0.05, 0) is 36.8 Å². The summed E-state index contributed by atoms with van der Waals surface area (Å²) in [6.45, 7) is 2.01. The number of nitrogens with one attached hydrogen (secondary N) is 1. The van der Waals surface area contributed by atoms with E-state index in [0.717, 1.165) is 27.9 Å². The third kappa shape index (κ3) is 2.90. The van der Waals surface area contributed by atoms with E-state index < -0.39 is 0 Å². The van der Waals surface area contributed by atoms with Gasteiger partial charge in [-0.1, -0.05) is 0 Å². The molecule has 0 amide bonds. The van der Waals surface area contributed by atoms with Crippen LogP contribution in [0.5, 0.6) is 17.2 Å². The molecule has 0 radical (unpaired) electrons. The van der Waals surface area contributed by atoms with Crippen molar-refractivity contribution in [2.24, 2.45) is 0 Å². The Balaban J connectivity index is 2.06. The number of nitrogens with zero attached hydrogens (tertiary/aromatic N) is 2. The van der Waals surface area contributed by atoms with E-state index in [9.17, 15) is 0 Å². The van der Waals surface area contributed by atoms with Crippen LogP contribution in [-0.4, -0.2) is 31.3 Å². The van der Waals surface area contributed by atoms with Gasteiger partial charge in [0.05, 0.1) is 26.8 Å². The highest BCUT2D eigenvalue weighted by Gasteiger charge is 2.11. The molecule has 1 heterocycles. The van der Waals surface area contributed by atoms with Crippen molar-refractivity contribution in [1.82, 2.24) is 9.97 Å². The Hall–Kier alpha value is -3.02. The molecule has 0 aliphatic carbocycles. The molecule has 0 saturated carbocycles. The summed E-state index contributed by atoms with van der Waals surface area (Å²) in [6.07, 6.45) is 1.52. The Morgan fingerprint density at radius 2 is 1.62 bits per heavy atom. The molecule has 3 rings (SSSR count). The lowest BCUT2D eigenvalue weighted by Gasteiger charge is -2.13. The maximum absolute atomic E-state index is 5.38. The molecule has 0 atom stereocenters.